The Kier molecular flexibility index (Phi) is 5.18. The summed E-state index contributed by atoms with van der Waals surface area (Å²) in [5, 5.41) is 4.22. The van der Waals surface area contributed by atoms with Crippen molar-refractivity contribution in [3.8, 4) is 11.5 Å². The molecule has 1 aromatic carbocycles. The van der Waals surface area contributed by atoms with Crippen LogP contribution >= 0.6 is 11.3 Å². The number of thiazole rings is 1. The first-order valence-electron chi connectivity index (χ1n) is 6.17. The first-order valence-corrected chi connectivity index (χ1v) is 6.98. The number of hydrogen-bond donors (Lipinski definition) is 1. The molecule has 0 aliphatic carbocycles. The first kappa shape index (κ1) is 13.8. The van der Waals surface area contributed by atoms with Crippen LogP contribution in [-0.2, 0) is 13.0 Å². The molecule has 2 rings (SSSR count). The lowest BCUT2D eigenvalue weighted by molar-refractivity contribution is 0.319. The van der Waals surface area contributed by atoms with E-state index in [1.54, 1.807) is 18.4 Å². The van der Waals surface area contributed by atoms with Crippen molar-refractivity contribution < 1.29 is 9.47 Å². The molecule has 2 aromatic rings. The van der Waals surface area contributed by atoms with Crippen LogP contribution in [0.15, 0.2) is 30.5 Å². The Hall–Kier alpha value is -1.59. The average Bonchev–Trinajstić information content (AvgIpc) is 2.87. The molecule has 19 heavy (non-hydrogen) atoms. The Morgan fingerprint density at radius 1 is 1.32 bits per heavy atom. The number of methoxy groups -OCH3 is 1. The second-order valence-electron chi connectivity index (χ2n) is 4.03. The predicted molar refractivity (Wildman–Crippen MR) is 77.1 cm³/mol. The number of aromatic nitrogens is 1. The molecule has 0 aliphatic heterocycles. The SMILES string of the molecule is CNCc1cnc(CCOc2cccc(OC)c2)s1. The zero-order valence-corrected chi connectivity index (χ0v) is 12.0. The van der Waals surface area contributed by atoms with Crippen LogP contribution in [0.3, 0.4) is 0 Å². The summed E-state index contributed by atoms with van der Waals surface area (Å²) in [5.74, 6) is 1.63. The van der Waals surface area contributed by atoms with Gasteiger partial charge in [-0.05, 0) is 19.2 Å². The molecule has 5 heteroatoms. The second kappa shape index (κ2) is 7.11. The van der Waals surface area contributed by atoms with Crippen molar-refractivity contribution >= 4 is 11.3 Å². The van der Waals surface area contributed by atoms with Gasteiger partial charge in [0, 0.05) is 30.1 Å². The third-order valence-electron chi connectivity index (χ3n) is 2.58. The minimum absolute atomic E-state index is 0.625. The molecule has 0 amide bonds. The third kappa shape index (κ3) is 4.22. The molecule has 0 saturated carbocycles. The number of benzene rings is 1. The summed E-state index contributed by atoms with van der Waals surface area (Å²) in [5.41, 5.74) is 0. The van der Waals surface area contributed by atoms with Gasteiger partial charge in [-0.1, -0.05) is 6.07 Å². The van der Waals surface area contributed by atoms with Crippen LogP contribution in [0, 0.1) is 0 Å². The van der Waals surface area contributed by atoms with Gasteiger partial charge < -0.3 is 14.8 Å². The maximum Gasteiger partial charge on any atom is 0.123 e. The highest BCUT2D eigenvalue weighted by atomic mass is 32.1. The zero-order chi connectivity index (χ0) is 13.5. The fraction of sp³-hybridized carbons (Fsp3) is 0.357. The summed E-state index contributed by atoms with van der Waals surface area (Å²) in [4.78, 5) is 5.62. The van der Waals surface area contributed by atoms with E-state index in [0.29, 0.717) is 6.61 Å². The van der Waals surface area contributed by atoms with Gasteiger partial charge in [-0.25, -0.2) is 4.98 Å². The van der Waals surface area contributed by atoms with Gasteiger partial charge in [0.05, 0.1) is 18.7 Å². The van der Waals surface area contributed by atoms with E-state index in [4.69, 9.17) is 9.47 Å². The molecule has 1 N–H and O–H groups in total. The van der Waals surface area contributed by atoms with Gasteiger partial charge in [0.25, 0.3) is 0 Å². The number of rotatable bonds is 7. The van der Waals surface area contributed by atoms with Gasteiger partial charge in [-0.3, -0.25) is 0 Å². The minimum Gasteiger partial charge on any atom is -0.497 e. The average molecular weight is 278 g/mol. The molecular weight excluding hydrogens is 260 g/mol. The van der Waals surface area contributed by atoms with Crippen LogP contribution < -0.4 is 14.8 Å². The van der Waals surface area contributed by atoms with E-state index in [0.717, 1.165) is 29.5 Å². The van der Waals surface area contributed by atoms with Crippen molar-refractivity contribution in [3.05, 3.63) is 40.3 Å². The monoisotopic (exact) mass is 278 g/mol. The van der Waals surface area contributed by atoms with Crippen molar-refractivity contribution in [2.75, 3.05) is 20.8 Å². The Labute approximate surface area is 117 Å². The van der Waals surface area contributed by atoms with E-state index in [1.165, 1.54) is 4.88 Å². The second-order valence-corrected chi connectivity index (χ2v) is 5.23. The van der Waals surface area contributed by atoms with Gasteiger partial charge in [0.15, 0.2) is 0 Å². The van der Waals surface area contributed by atoms with E-state index in [1.807, 2.05) is 37.5 Å². The van der Waals surface area contributed by atoms with Crippen molar-refractivity contribution in [1.82, 2.24) is 10.3 Å². The van der Waals surface area contributed by atoms with Crippen molar-refractivity contribution in [2.24, 2.45) is 0 Å². The topological polar surface area (TPSA) is 43.4 Å². The third-order valence-corrected chi connectivity index (χ3v) is 3.64. The van der Waals surface area contributed by atoms with Crippen molar-refractivity contribution in [3.63, 3.8) is 0 Å². The summed E-state index contributed by atoms with van der Waals surface area (Å²) >= 11 is 1.72. The number of nitrogens with zero attached hydrogens (tertiary/aromatic N) is 1. The van der Waals surface area contributed by atoms with Gasteiger partial charge >= 0.3 is 0 Å². The van der Waals surface area contributed by atoms with Crippen molar-refractivity contribution in [1.29, 1.82) is 0 Å². The summed E-state index contributed by atoms with van der Waals surface area (Å²) in [6, 6.07) is 7.63. The lowest BCUT2D eigenvalue weighted by Gasteiger charge is -2.06. The molecule has 0 radical (unpaired) electrons. The molecule has 0 atom stereocenters. The smallest absolute Gasteiger partial charge is 0.123 e. The molecule has 102 valence electrons. The van der Waals surface area contributed by atoms with E-state index in [2.05, 4.69) is 10.3 Å². The molecule has 0 fully saturated rings. The molecule has 0 saturated heterocycles. The quantitative estimate of drug-likeness (QED) is 0.845. The highest BCUT2D eigenvalue weighted by Gasteiger charge is 2.02. The Bertz CT molecular complexity index is 514. The fourth-order valence-corrected chi connectivity index (χ4v) is 2.58. The molecule has 4 nitrogen and oxygen atoms in total. The van der Waals surface area contributed by atoms with Crippen molar-refractivity contribution in [2.45, 2.75) is 13.0 Å². The van der Waals surface area contributed by atoms with Gasteiger partial charge in [-0.2, -0.15) is 0 Å². The van der Waals surface area contributed by atoms with Crippen LogP contribution in [0.4, 0.5) is 0 Å². The van der Waals surface area contributed by atoms with E-state index in [-0.39, 0.29) is 0 Å². The molecule has 1 aromatic heterocycles. The van der Waals surface area contributed by atoms with Crippen LogP contribution in [0.5, 0.6) is 11.5 Å². The Balaban J connectivity index is 1.81. The number of nitrogens with one attached hydrogen (secondary N) is 1. The van der Waals surface area contributed by atoms with E-state index >= 15 is 0 Å². The predicted octanol–water partition coefficient (Wildman–Crippen LogP) is 2.49. The van der Waals surface area contributed by atoms with Gasteiger partial charge in [-0.15, -0.1) is 11.3 Å². The summed E-state index contributed by atoms with van der Waals surface area (Å²) < 4.78 is 10.8. The van der Waals surface area contributed by atoms with Crippen LogP contribution in [-0.4, -0.2) is 25.7 Å². The standard InChI is InChI=1S/C14H18N2O2S/c1-15-9-13-10-16-14(19-13)6-7-18-12-5-3-4-11(8-12)17-2/h3-5,8,10,15H,6-7,9H2,1-2H3. The highest BCUT2D eigenvalue weighted by molar-refractivity contribution is 7.11. The first-order chi connectivity index (χ1) is 9.31. The molecular formula is C14H18N2O2S. The maximum atomic E-state index is 5.69. The Morgan fingerprint density at radius 3 is 2.95 bits per heavy atom. The maximum absolute atomic E-state index is 5.69. The Morgan fingerprint density at radius 2 is 2.16 bits per heavy atom. The normalized spacial score (nSPS) is 10.4. The molecule has 1 heterocycles. The van der Waals surface area contributed by atoms with Crippen LogP contribution in [0.25, 0.3) is 0 Å². The van der Waals surface area contributed by atoms with Crippen LogP contribution in [0.2, 0.25) is 0 Å². The van der Waals surface area contributed by atoms with Gasteiger partial charge in [0.2, 0.25) is 0 Å². The fourth-order valence-electron chi connectivity index (χ4n) is 1.67. The number of hydrogen-bond acceptors (Lipinski definition) is 5. The lowest BCUT2D eigenvalue weighted by atomic mass is 10.3. The minimum atomic E-state index is 0.625. The largest absolute Gasteiger partial charge is 0.497 e. The summed E-state index contributed by atoms with van der Waals surface area (Å²) in [6.45, 7) is 1.49. The summed E-state index contributed by atoms with van der Waals surface area (Å²) in [6.07, 6.45) is 2.74. The molecule has 0 spiro atoms. The zero-order valence-electron chi connectivity index (χ0n) is 11.2. The molecule has 0 unspecified atom stereocenters. The summed E-state index contributed by atoms with van der Waals surface area (Å²) in [7, 11) is 3.59. The number of ether oxygens (including phenoxy) is 2. The molecule has 0 bridgehead atoms. The van der Waals surface area contributed by atoms with Gasteiger partial charge in [0.1, 0.15) is 11.5 Å². The van der Waals surface area contributed by atoms with E-state index < -0.39 is 0 Å². The van der Waals surface area contributed by atoms with Crippen LogP contribution in [0.1, 0.15) is 9.88 Å². The highest BCUT2D eigenvalue weighted by Crippen LogP contribution is 2.19. The van der Waals surface area contributed by atoms with E-state index in [9.17, 15) is 0 Å². The lowest BCUT2D eigenvalue weighted by Crippen LogP contribution is -2.02. The molecule has 0 aliphatic rings.